The molecule has 23 heavy (non-hydrogen) atoms. The van der Waals surface area contributed by atoms with E-state index < -0.39 is 6.04 Å². The van der Waals surface area contributed by atoms with Crippen molar-refractivity contribution in [3.05, 3.63) is 35.9 Å². The zero-order valence-corrected chi connectivity index (χ0v) is 15.5. The van der Waals surface area contributed by atoms with E-state index in [0.29, 0.717) is 13.0 Å². The van der Waals surface area contributed by atoms with Gasteiger partial charge in [0.2, 0.25) is 0 Å². The van der Waals surface area contributed by atoms with E-state index in [1.54, 1.807) is 0 Å². The number of esters is 1. The number of nitrogens with two attached hydrogens (primary N) is 1. The Morgan fingerprint density at radius 3 is 2.61 bits per heavy atom. The Hall–Kier alpha value is -1.00. The van der Waals surface area contributed by atoms with E-state index in [9.17, 15) is 4.79 Å². The molecule has 1 aromatic rings. The molecule has 0 fully saturated rings. The number of benzene rings is 1. The molecule has 0 aliphatic carbocycles. The van der Waals surface area contributed by atoms with Crippen LogP contribution in [0.3, 0.4) is 0 Å². The molecule has 1 rings (SSSR count). The number of ether oxygens (including phenoxy) is 1. The van der Waals surface area contributed by atoms with Crippen molar-refractivity contribution in [2.24, 2.45) is 5.73 Å². The maximum atomic E-state index is 11.7. The first-order valence-corrected chi connectivity index (χ1v) is 9.68. The Bertz CT molecular complexity index is 448. The molecule has 0 aliphatic rings. The fraction of sp³-hybridized carbons (Fsp3) is 0.632. The highest BCUT2D eigenvalue weighted by Gasteiger charge is 2.20. The van der Waals surface area contributed by atoms with Crippen LogP contribution < -0.4 is 5.73 Å². The third-order valence-corrected chi connectivity index (χ3v) is 5.06. The molecule has 0 amide bonds. The summed E-state index contributed by atoms with van der Waals surface area (Å²) in [7, 11) is 0. The van der Waals surface area contributed by atoms with Crippen molar-refractivity contribution in [3.8, 4) is 0 Å². The Morgan fingerprint density at radius 2 is 1.96 bits per heavy atom. The van der Waals surface area contributed by atoms with E-state index in [2.05, 4.69) is 51.1 Å². The number of carbonyl (C=O) groups is 1. The first kappa shape index (κ1) is 20.0. The zero-order chi connectivity index (χ0) is 17.1. The Morgan fingerprint density at radius 1 is 1.26 bits per heavy atom. The van der Waals surface area contributed by atoms with Crippen LogP contribution in [0.1, 0.15) is 52.0 Å². The summed E-state index contributed by atoms with van der Waals surface area (Å²) >= 11 is 1.86. The summed E-state index contributed by atoms with van der Waals surface area (Å²) in [5, 5.41) is 0. The third-order valence-electron chi connectivity index (χ3n) is 4.04. The highest BCUT2D eigenvalue weighted by atomic mass is 32.2. The van der Waals surface area contributed by atoms with Gasteiger partial charge in [-0.1, -0.05) is 57.5 Å². The second-order valence-electron chi connectivity index (χ2n) is 6.53. The van der Waals surface area contributed by atoms with Crippen LogP contribution in [0.4, 0.5) is 0 Å². The normalized spacial score (nSPS) is 12.9. The molecule has 1 unspecified atom stereocenters. The predicted molar refractivity (Wildman–Crippen MR) is 99.9 cm³/mol. The highest BCUT2D eigenvalue weighted by Crippen LogP contribution is 2.28. The standard InChI is InChI=1S/C19H31NO2S/c1-4-5-13-22-18(21)17(20)11-14-23-15-12-19(2,3)16-9-7-6-8-10-16/h6-10,17H,4-5,11-15,20H2,1-3H3. The predicted octanol–water partition coefficient (Wildman–Crippen LogP) is 4.15. The van der Waals surface area contributed by atoms with Crippen LogP contribution in [0.2, 0.25) is 0 Å². The number of hydrogen-bond donors (Lipinski definition) is 1. The highest BCUT2D eigenvalue weighted by molar-refractivity contribution is 7.99. The second kappa shape index (κ2) is 10.7. The Balaban J connectivity index is 2.18. The summed E-state index contributed by atoms with van der Waals surface area (Å²) in [4.78, 5) is 11.7. The van der Waals surface area contributed by atoms with E-state index in [1.165, 1.54) is 5.56 Å². The van der Waals surface area contributed by atoms with Gasteiger partial charge in [0.1, 0.15) is 6.04 Å². The average molecular weight is 338 g/mol. The number of hydrogen-bond acceptors (Lipinski definition) is 4. The van der Waals surface area contributed by atoms with Crippen LogP contribution in [0.25, 0.3) is 0 Å². The SMILES string of the molecule is CCCCOC(=O)C(N)CCSCCC(C)(C)c1ccccc1. The first-order valence-electron chi connectivity index (χ1n) is 8.53. The van der Waals surface area contributed by atoms with Crippen molar-refractivity contribution < 1.29 is 9.53 Å². The van der Waals surface area contributed by atoms with E-state index >= 15 is 0 Å². The van der Waals surface area contributed by atoms with Crippen molar-refractivity contribution in [1.82, 2.24) is 0 Å². The number of thioether (sulfide) groups is 1. The van der Waals surface area contributed by atoms with Gasteiger partial charge in [0, 0.05) is 0 Å². The molecule has 1 atom stereocenters. The van der Waals surface area contributed by atoms with Gasteiger partial charge >= 0.3 is 5.97 Å². The quantitative estimate of drug-likeness (QED) is 0.487. The summed E-state index contributed by atoms with van der Waals surface area (Å²) < 4.78 is 5.14. The molecule has 0 saturated carbocycles. The van der Waals surface area contributed by atoms with Gasteiger partial charge in [0.25, 0.3) is 0 Å². The smallest absolute Gasteiger partial charge is 0.322 e. The summed E-state index contributed by atoms with van der Waals surface area (Å²) in [5.41, 5.74) is 7.42. The van der Waals surface area contributed by atoms with Gasteiger partial charge in [-0.2, -0.15) is 11.8 Å². The van der Waals surface area contributed by atoms with Gasteiger partial charge in [0.15, 0.2) is 0 Å². The van der Waals surface area contributed by atoms with Crippen molar-refractivity contribution in [2.45, 2.75) is 57.9 Å². The van der Waals surface area contributed by atoms with Crippen LogP contribution in [-0.4, -0.2) is 30.1 Å². The van der Waals surface area contributed by atoms with Crippen LogP contribution in [0.5, 0.6) is 0 Å². The van der Waals surface area contributed by atoms with Gasteiger partial charge in [-0.25, -0.2) is 0 Å². The third kappa shape index (κ3) is 7.89. The lowest BCUT2D eigenvalue weighted by Crippen LogP contribution is -2.33. The fourth-order valence-corrected chi connectivity index (χ4v) is 3.49. The minimum absolute atomic E-state index is 0.176. The minimum Gasteiger partial charge on any atom is -0.465 e. The zero-order valence-electron chi connectivity index (χ0n) is 14.7. The van der Waals surface area contributed by atoms with E-state index in [0.717, 1.165) is 30.8 Å². The van der Waals surface area contributed by atoms with Crippen molar-refractivity contribution in [2.75, 3.05) is 18.1 Å². The molecule has 4 heteroatoms. The van der Waals surface area contributed by atoms with Gasteiger partial charge in [-0.15, -0.1) is 0 Å². The number of carbonyl (C=O) groups excluding carboxylic acids is 1. The lowest BCUT2D eigenvalue weighted by molar-refractivity contribution is -0.145. The summed E-state index contributed by atoms with van der Waals surface area (Å²) in [6, 6.07) is 10.1. The van der Waals surface area contributed by atoms with Crippen molar-refractivity contribution >= 4 is 17.7 Å². The monoisotopic (exact) mass is 337 g/mol. The Kier molecular flexibility index (Phi) is 9.34. The molecule has 0 saturated heterocycles. The molecule has 0 spiro atoms. The van der Waals surface area contributed by atoms with Gasteiger partial charge < -0.3 is 10.5 Å². The molecular weight excluding hydrogens is 306 g/mol. The maximum absolute atomic E-state index is 11.7. The lowest BCUT2D eigenvalue weighted by atomic mass is 9.82. The van der Waals surface area contributed by atoms with E-state index in [1.807, 2.05) is 11.8 Å². The molecule has 0 aliphatic heterocycles. The van der Waals surface area contributed by atoms with E-state index in [4.69, 9.17) is 10.5 Å². The molecule has 1 aromatic carbocycles. The van der Waals surface area contributed by atoms with Crippen molar-refractivity contribution in [3.63, 3.8) is 0 Å². The summed E-state index contributed by atoms with van der Waals surface area (Å²) in [6.07, 6.45) is 3.72. The molecular formula is C19H31NO2S. The molecule has 0 aromatic heterocycles. The van der Waals surface area contributed by atoms with Crippen LogP contribution in [-0.2, 0) is 14.9 Å². The topological polar surface area (TPSA) is 52.3 Å². The lowest BCUT2D eigenvalue weighted by Gasteiger charge is -2.25. The van der Waals surface area contributed by atoms with Gasteiger partial charge in [0.05, 0.1) is 6.61 Å². The average Bonchev–Trinajstić information content (AvgIpc) is 2.55. The molecule has 0 bridgehead atoms. The summed E-state index contributed by atoms with van der Waals surface area (Å²) in [6.45, 7) is 7.11. The number of rotatable bonds is 11. The van der Waals surface area contributed by atoms with Gasteiger partial charge in [-0.05, 0) is 41.7 Å². The number of unbranched alkanes of at least 4 members (excludes halogenated alkanes) is 1. The van der Waals surface area contributed by atoms with Crippen molar-refractivity contribution in [1.29, 1.82) is 0 Å². The van der Waals surface area contributed by atoms with Crippen LogP contribution in [0, 0.1) is 0 Å². The van der Waals surface area contributed by atoms with Crippen LogP contribution >= 0.6 is 11.8 Å². The first-order chi connectivity index (χ1) is 11.0. The van der Waals surface area contributed by atoms with E-state index in [-0.39, 0.29) is 11.4 Å². The van der Waals surface area contributed by atoms with Crippen LogP contribution in [0.15, 0.2) is 30.3 Å². The molecule has 130 valence electrons. The maximum Gasteiger partial charge on any atom is 0.322 e. The molecule has 3 nitrogen and oxygen atoms in total. The largest absolute Gasteiger partial charge is 0.465 e. The minimum atomic E-state index is -0.485. The fourth-order valence-electron chi connectivity index (χ4n) is 2.22. The Labute approximate surface area is 145 Å². The van der Waals surface area contributed by atoms with Gasteiger partial charge in [-0.3, -0.25) is 4.79 Å². The summed E-state index contributed by atoms with van der Waals surface area (Å²) in [5.74, 6) is 1.71. The molecule has 0 heterocycles. The molecule has 0 radical (unpaired) electrons. The second-order valence-corrected chi connectivity index (χ2v) is 7.75. The molecule has 2 N–H and O–H groups in total.